The number of nitrogens with one attached hydrogen (secondary N) is 1. The van der Waals surface area contributed by atoms with Crippen LogP contribution < -0.4 is 10.2 Å². The van der Waals surface area contributed by atoms with Gasteiger partial charge in [0.05, 0.1) is 28.5 Å². The van der Waals surface area contributed by atoms with Crippen LogP contribution in [0.3, 0.4) is 0 Å². The number of benzene rings is 2. The highest BCUT2D eigenvalue weighted by molar-refractivity contribution is 6.03. The van der Waals surface area contributed by atoms with Gasteiger partial charge in [-0.25, -0.2) is 9.69 Å². The molecule has 2 aliphatic heterocycles. The molecule has 1 saturated heterocycles. The van der Waals surface area contributed by atoms with Crippen LogP contribution >= 0.6 is 0 Å². The number of halogens is 3. The smallest absolute Gasteiger partial charge is 0.419 e. The number of para-hydroxylation sites is 1. The highest BCUT2D eigenvalue weighted by atomic mass is 19.4. The fourth-order valence-electron chi connectivity index (χ4n) is 4.12. The number of rotatable bonds is 2. The predicted octanol–water partition coefficient (Wildman–Crippen LogP) is 4.88. The van der Waals surface area contributed by atoms with Crippen molar-refractivity contribution >= 4 is 23.4 Å². The minimum atomic E-state index is -4.77. The number of nitrogens with zero attached hydrogens (tertiary/aromatic N) is 2. The van der Waals surface area contributed by atoms with Crippen molar-refractivity contribution < 1.29 is 27.5 Å². The number of carbonyl (C=O) groups excluding carboxylic acids is 2. The normalized spacial score (nSPS) is 18.2. The van der Waals surface area contributed by atoms with Gasteiger partial charge >= 0.3 is 12.3 Å². The number of ether oxygens (including phenoxy) is 1. The lowest BCUT2D eigenvalue weighted by Crippen LogP contribution is -2.44. The van der Waals surface area contributed by atoms with Crippen LogP contribution in [0.1, 0.15) is 48.3 Å². The van der Waals surface area contributed by atoms with Gasteiger partial charge in [0.1, 0.15) is 5.60 Å². The van der Waals surface area contributed by atoms with Crippen LogP contribution in [0.5, 0.6) is 0 Å². The monoisotopic (exact) mass is 447 g/mol. The summed E-state index contributed by atoms with van der Waals surface area (Å²) in [6.07, 6.45) is -5.58. The van der Waals surface area contributed by atoms with Crippen LogP contribution in [0, 0.1) is 0 Å². The molecule has 0 saturated carbocycles. The molecule has 2 aliphatic rings. The van der Waals surface area contributed by atoms with E-state index < -0.39 is 35.4 Å². The maximum atomic E-state index is 14.1. The van der Waals surface area contributed by atoms with E-state index in [1.54, 1.807) is 51.1 Å². The number of carbonyl (C=O) groups is 2. The Morgan fingerprint density at radius 3 is 2.44 bits per heavy atom. The first-order valence-electron chi connectivity index (χ1n) is 10.3. The molecule has 0 aromatic heterocycles. The number of fused-ring (bicyclic) bond motifs is 3. The topological polar surface area (TPSA) is 61.9 Å². The molecule has 2 aromatic carbocycles. The second-order valence-electron chi connectivity index (χ2n) is 8.83. The average Bonchev–Trinajstić information content (AvgIpc) is 2.99. The van der Waals surface area contributed by atoms with Crippen LogP contribution in [-0.4, -0.2) is 42.1 Å². The highest BCUT2D eigenvalue weighted by Gasteiger charge is 2.46. The molecule has 1 atom stereocenters. The van der Waals surface area contributed by atoms with Crippen molar-refractivity contribution in [1.29, 1.82) is 0 Å². The van der Waals surface area contributed by atoms with Gasteiger partial charge in [-0.05, 0) is 50.6 Å². The quantitative estimate of drug-likeness (QED) is 0.713. The lowest BCUT2D eigenvalue weighted by atomic mass is 9.97. The molecule has 4 rings (SSSR count). The van der Waals surface area contributed by atoms with E-state index in [4.69, 9.17) is 4.74 Å². The first-order valence-corrected chi connectivity index (χ1v) is 10.3. The number of hydrogen-bond acceptors (Lipinski definition) is 4. The molecule has 0 radical (unpaired) electrons. The number of amides is 2. The Morgan fingerprint density at radius 1 is 1.12 bits per heavy atom. The van der Waals surface area contributed by atoms with Gasteiger partial charge in [0.15, 0.2) is 0 Å². The summed E-state index contributed by atoms with van der Waals surface area (Å²) >= 11 is 0. The van der Waals surface area contributed by atoms with E-state index in [-0.39, 0.29) is 16.8 Å². The summed E-state index contributed by atoms with van der Waals surface area (Å²) in [5.74, 6) is -0.631. The van der Waals surface area contributed by atoms with E-state index in [1.807, 2.05) is 0 Å². The van der Waals surface area contributed by atoms with Crippen LogP contribution in [0.15, 0.2) is 42.5 Å². The molecule has 0 spiro atoms. The summed E-state index contributed by atoms with van der Waals surface area (Å²) in [5, 5.41) is 3.13. The first kappa shape index (κ1) is 22.1. The van der Waals surface area contributed by atoms with E-state index in [1.165, 1.54) is 11.0 Å². The zero-order valence-electron chi connectivity index (χ0n) is 18.0. The molecular weight excluding hydrogens is 423 g/mol. The predicted molar refractivity (Wildman–Crippen MR) is 113 cm³/mol. The zero-order valence-corrected chi connectivity index (χ0v) is 18.0. The van der Waals surface area contributed by atoms with Crippen LogP contribution in [0.2, 0.25) is 0 Å². The molecule has 9 heteroatoms. The summed E-state index contributed by atoms with van der Waals surface area (Å²) < 4.78 is 47.8. The largest absolute Gasteiger partial charge is 0.443 e. The SMILES string of the molecule is CC(C)(C)OC(=O)N(c1ccccc1)c1cc2c(c(C(F)(F)F)c1)C(=O)N1CCNC[C@@H]21. The van der Waals surface area contributed by atoms with Crippen molar-refractivity contribution in [3.63, 3.8) is 0 Å². The van der Waals surface area contributed by atoms with Gasteiger partial charge < -0.3 is 15.0 Å². The third-order valence-corrected chi connectivity index (χ3v) is 5.38. The molecule has 2 amide bonds. The minimum Gasteiger partial charge on any atom is -0.443 e. The van der Waals surface area contributed by atoms with E-state index in [9.17, 15) is 22.8 Å². The molecule has 6 nitrogen and oxygen atoms in total. The Kier molecular flexibility index (Phi) is 5.40. The van der Waals surface area contributed by atoms with Crippen molar-refractivity contribution in [3.8, 4) is 0 Å². The molecule has 0 aliphatic carbocycles. The van der Waals surface area contributed by atoms with Gasteiger partial charge in [0.25, 0.3) is 5.91 Å². The summed E-state index contributed by atoms with van der Waals surface area (Å²) in [5.41, 5.74) is -1.62. The summed E-state index contributed by atoms with van der Waals surface area (Å²) in [7, 11) is 0. The lowest BCUT2D eigenvalue weighted by Gasteiger charge is -2.31. The molecule has 2 heterocycles. The zero-order chi connectivity index (χ0) is 23.3. The Labute approximate surface area is 183 Å². The van der Waals surface area contributed by atoms with E-state index in [0.29, 0.717) is 25.3 Å². The molecule has 0 unspecified atom stereocenters. The standard InChI is InChI=1S/C23H24F3N3O3/c1-22(2,3)32-21(31)29(14-7-5-4-6-8-14)15-11-16-18-13-27-9-10-28(18)20(30)19(16)17(12-15)23(24,25)26/h4-8,11-12,18,27H,9-10,13H2,1-3H3/t18-/m0/s1. The van der Waals surface area contributed by atoms with E-state index in [0.717, 1.165) is 11.0 Å². The summed E-state index contributed by atoms with van der Waals surface area (Å²) in [6, 6.07) is 10.2. The van der Waals surface area contributed by atoms with Gasteiger partial charge in [-0.15, -0.1) is 0 Å². The Bertz CT molecular complexity index is 1050. The third-order valence-electron chi connectivity index (χ3n) is 5.38. The fourth-order valence-corrected chi connectivity index (χ4v) is 4.12. The first-order chi connectivity index (χ1) is 15.0. The molecule has 2 aromatic rings. The Hall–Kier alpha value is -3.07. The lowest BCUT2D eigenvalue weighted by molar-refractivity contribution is -0.137. The van der Waals surface area contributed by atoms with Crippen LogP contribution in [0.25, 0.3) is 0 Å². The summed E-state index contributed by atoms with van der Waals surface area (Å²) in [4.78, 5) is 28.5. The molecule has 0 bridgehead atoms. The molecular formula is C23H24F3N3O3. The van der Waals surface area contributed by atoms with Crippen molar-refractivity contribution in [3.05, 3.63) is 59.2 Å². The maximum absolute atomic E-state index is 14.1. The maximum Gasteiger partial charge on any atom is 0.419 e. The van der Waals surface area contributed by atoms with Crippen molar-refractivity contribution in [2.45, 2.75) is 38.6 Å². The van der Waals surface area contributed by atoms with Gasteiger partial charge in [-0.2, -0.15) is 13.2 Å². The van der Waals surface area contributed by atoms with Crippen LogP contribution in [-0.2, 0) is 10.9 Å². The number of piperazine rings is 1. The highest BCUT2D eigenvalue weighted by Crippen LogP contribution is 2.45. The average molecular weight is 447 g/mol. The number of hydrogen-bond donors (Lipinski definition) is 1. The van der Waals surface area contributed by atoms with Gasteiger partial charge in [-0.1, -0.05) is 18.2 Å². The fraction of sp³-hybridized carbons (Fsp3) is 0.391. The number of anilines is 2. The number of alkyl halides is 3. The van der Waals surface area contributed by atoms with Gasteiger partial charge in [0.2, 0.25) is 0 Å². The Morgan fingerprint density at radius 2 is 1.81 bits per heavy atom. The molecule has 1 N–H and O–H groups in total. The molecule has 170 valence electrons. The second-order valence-corrected chi connectivity index (χ2v) is 8.83. The molecule has 32 heavy (non-hydrogen) atoms. The van der Waals surface area contributed by atoms with Gasteiger partial charge in [-0.3, -0.25) is 4.79 Å². The summed E-state index contributed by atoms with van der Waals surface area (Å²) in [6.45, 7) is 6.22. The van der Waals surface area contributed by atoms with E-state index >= 15 is 0 Å². The van der Waals surface area contributed by atoms with Gasteiger partial charge in [0, 0.05) is 19.6 Å². The van der Waals surface area contributed by atoms with Crippen molar-refractivity contribution in [2.24, 2.45) is 0 Å². The van der Waals surface area contributed by atoms with Crippen molar-refractivity contribution in [2.75, 3.05) is 24.5 Å². The second kappa shape index (κ2) is 7.81. The van der Waals surface area contributed by atoms with E-state index in [2.05, 4.69) is 5.32 Å². The molecule has 1 fully saturated rings. The van der Waals surface area contributed by atoms with Crippen molar-refractivity contribution in [1.82, 2.24) is 10.2 Å². The minimum absolute atomic E-state index is 0.00301. The van der Waals surface area contributed by atoms with Crippen LogP contribution in [0.4, 0.5) is 29.3 Å². The third kappa shape index (κ3) is 4.04. The Balaban J connectivity index is 1.91.